The average Bonchev–Trinajstić information content (AvgIpc) is 2.98. The smallest absolute Gasteiger partial charge is 0.232 e. The highest BCUT2D eigenvalue weighted by molar-refractivity contribution is 7.92. The van der Waals surface area contributed by atoms with Crippen molar-refractivity contribution >= 4 is 21.4 Å². The van der Waals surface area contributed by atoms with Gasteiger partial charge < -0.3 is 10.2 Å². The summed E-state index contributed by atoms with van der Waals surface area (Å²) in [6, 6.07) is 7.66. The lowest BCUT2D eigenvalue weighted by Gasteiger charge is -2.18. The summed E-state index contributed by atoms with van der Waals surface area (Å²) >= 11 is 0. The zero-order chi connectivity index (χ0) is 15.1. The lowest BCUT2D eigenvalue weighted by atomic mass is 10.2. The van der Waals surface area contributed by atoms with Gasteiger partial charge in [0.05, 0.1) is 5.75 Å². The van der Waals surface area contributed by atoms with Crippen LogP contribution in [0.15, 0.2) is 24.3 Å². The van der Waals surface area contributed by atoms with Gasteiger partial charge >= 0.3 is 0 Å². The van der Waals surface area contributed by atoms with Crippen molar-refractivity contribution < 1.29 is 8.42 Å². The number of anilines is 2. The first-order chi connectivity index (χ1) is 10.1. The number of sulfonamides is 1. The molecule has 0 radical (unpaired) electrons. The number of hydrogen-bond donors (Lipinski definition) is 2. The Balaban J connectivity index is 1.87. The number of nitrogens with zero attached hydrogens (tertiary/aromatic N) is 1. The van der Waals surface area contributed by atoms with Gasteiger partial charge in [0.25, 0.3) is 0 Å². The van der Waals surface area contributed by atoms with Gasteiger partial charge in [0.15, 0.2) is 0 Å². The maximum absolute atomic E-state index is 12.0. The maximum atomic E-state index is 12.0. The normalized spacial score (nSPS) is 15.4. The highest BCUT2D eigenvalue weighted by atomic mass is 32.2. The van der Waals surface area contributed by atoms with Crippen LogP contribution < -0.4 is 14.9 Å². The molecule has 1 aliphatic rings. The van der Waals surface area contributed by atoms with E-state index in [1.807, 2.05) is 31.2 Å². The number of nitrogens with one attached hydrogen (secondary N) is 2. The van der Waals surface area contributed by atoms with E-state index in [-0.39, 0.29) is 5.75 Å². The van der Waals surface area contributed by atoms with E-state index in [0.717, 1.165) is 26.2 Å². The van der Waals surface area contributed by atoms with Crippen LogP contribution in [0.4, 0.5) is 11.4 Å². The highest BCUT2D eigenvalue weighted by Gasteiger charge is 2.13. The monoisotopic (exact) mass is 311 g/mol. The van der Waals surface area contributed by atoms with Gasteiger partial charge in [0, 0.05) is 24.5 Å². The summed E-state index contributed by atoms with van der Waals surface area (Å²) in [5, 5.41) is 3.13. The average molecular weight is 311 g/mol. The van der Waals surface area contributed by atoms with Crippen LogP contribution in [-0.2, 0) is 10.0 Å². The summed E-state index contributed by atoms with van der Waals surface area (Å²) < 4.78 is 26.5. The van der Waals surface area contributed by atoms with E-state index in [0.29, 0.717) is 12.1 Å². The van der Waals surface area contributed by atoms with Crippen LogP contribution in [0.1, 0.15) is 26.2 Å². The van der Waals surface area contributed by atoms with Crippen molar-refractivity contribution in [3.8, 4) is 0 Å². The summed E-state index contributed by atoms with van der Waals surface area (Å²) in [5.74, 6) is 0.147. The van der Waals surface area contributed by atoms with Crippen LogP contribution in [0.5, 0.6) is 0 Å². The molecule has 0 spiro atoms. The molecule has 0 aromatic heterocycles. The van der Waals surface area contributed by atoms with Crippen molar-refractivity contribution in [3.63, 3.8) is 0 Å². The largest absolute Gasteiger partial charge is 0.372 e. The van der Waals surface area contributed by atoms with E-state index >= 15 is 0 Å². The van der Waals surface area contributed by atoms with E-state index in [1.165, 1.54) is 18.5 Å². The predicted octanol–water partition coefficient (Wildman–Crippen LogP) is 2.03. The molecule has 1 aromatic carbocycles. The lowest BCUT2D eigenvalue weighted by molar-refractivity contribution is 0.595. The number of hydrogen-bond acceptors (Lipinski definition) is 4. The zero-order valence-corrected chi connectivity index (χ0v) is 13.5. The van der Waals surface area contributed by atoms with Crippen molar-refractivity contribution in [2.24, 2.45) is 0 Å². The van der Waals surface area contributed by atoms with Crippen LogP contribution in [0.2, 0.25) is 0 Å². The molecule has 0 saturated carbocycles. The fraction of sp³-hybridized carbons (Fsp3) is 0.600. The van der Waals surface area contributed by atoms with Crippen LogP contribution in [-0.4, -0.2) is 40.3 Å². The minimum atomic E-state index is -3.25. The molecule has 1 aliphatic heterocycles. The predicted molar refractivity (Wildman–Crippen MR) is 88.5 cm³/mol. The molecule has 5 nitrogen and oxygen atoms in total. The van der Waals surface area contributed by atoms with Crippen molar-refractivity contribution in [1.29, 1.82) is 0 Å². The Morgan fingerprint density at radius 2 is 1.81 bits per heavy atom. The maximum Gasteiger partial charge on any atom is 0.232 e. The fourth-order valence-electron chi connectivity index (χ4n) is 2.51. The summed E-state index contributed by atoms with van der Waals surface area (Å²) in [7, 11) is -3.25. The molecule has 0 amide bonds. The van der Waals surface area contributed by atoms with Gasteiger partial charge in [0.2, 0.25) is 10.0 Å². The Labute approximate surface area is 127 Å². The molecule has 1 heterocycles. The van der Waals surface area contributed by atoms with Crippen LogP contribution in [0, 0.1) is 0 Å². The first-order valence-electron chi connectivity index (χ1n) is 7.67. The molecule has 2 N–H and O–H groups in total. The number of benzene rings is 1. The van der Waals surface area contributed by atoms with Gasteiger partial charge in [-0.15, -0.1) is 0 Å². The quantitative estimate of drug-likeness (QED) is 0.721. The van der Waals surface area contributed by atoms with Crippen LogP contribution in [0.25, 0.3) is 0 Å². The molecule has 2 rings (SSSR count). The molecule has 1 fully saturated rings. The molecule has 1 saturated heterocycles. The third kappa shape index (κ3) is 5.21. The van der Waals surface area contributed by atoms with Gasteiger partial charge in [-0.2, -0.15) is 0 Å². The van der Waals surface area contributed by atoms with Crippen LogP contribution in [0.3, 0.4) is 0 Å². The Hall–Kier alpha value is -1.27. The van der Waals surface area contributed by atoms with Crippen molar-refractivity contribution in [2.75, 3.05) is 41.6 Å². The topological polar surface area (TPSA) is 61.4 Å². The Morgan fingerprint density at radius 1 is 1.14 bits per heavy atom. The van der Waals surface area contributed by atoms with Gasteiger partial charge in [-0.3, -0.25) is 4.72 Å². The van der Waals surface area contributed by atoms with Gasteiger partial charge in [0.1, 0.15) is 0 Å². The van der Waals surface area contributed by atoms with Crippen molar-refractivity contribution in [1.82, 2.24) is 5.32 Å². The lowest BCUT2D eigenvalue weighted by Crippen LogP contribution is -2.22. The Bertz CT molecular complexity index is 522. The molecule has 1 aromatic rings. The van der Waals surface area contributed by atoms with E-state index < -0.39 is 10.0 Å². The number of rotatable bonds is 8. The molecule has 0 bridgehead atoms. The molecule has 21 heavy (non-hydrogen) atoms. The summed E-state index contributed by atoms with van der Waals surface area (Å²) in [6.45, 7) is 5.79. The fourth-order valence-corrected chi connectivity index (χ4v) is 3.63. The van der Waals surface area contributed by atoms with Crippen molar-refractivity contribution in [3.05, 3.63) is 24.3 Å². The molecule has 0 unspecified atom stereocenters. The molecule has 0 atom stereocenters. The SMILES string of the molecule is CCNCCCS(=O)(=O)Nc1ccc(N2CCCC2)cc1. The summed E-state index contributed by atoms with van der Waals surface area (Å²) in [5.41, 5.74) is 1.81. The summed E-state index contributed by atoms with van der Waals surface area (Å²) in [4.78, 5) is 2.33. The van der Waals surface area contributed by atoms with Crippen LogP contribution >= 0.6 is 0 Å². The molecule has 0 aliphatic carbocycles. The van der Waals surface area contributed by atoms with Gasteiger partial charge in [-0.1, -0.05) is 6.92 Å². The summed E-state index contributed by atoms with van der Waals surface area (Å²) in [6.07, 6.45) is 3.09. The first kappa shape index (κ1) is 16.1. The second kappa shape index (κ2) is 7.66. The molecular formula is C15H25N3O2S. The van der Waals surface area contributed by atoms with Gasteiger partial charge in [-0.25, -0.2) is 8.42 Å². The van der Waals surface area contributed by atoms with E-state index in [2.05, 4.69) is 14.9 Å². The highest BCUT2D eigenvalue weighted by Crippen LogP contribution is 2.22. The zero-order valence-electron chi connectivity index (χ0n) is 12.6. The standard InChI is InChI=1S/C15H25N3O2S/c1-2-16-10-5-13-21(19,20)17-14-6-8-15(9-7-14)18-11-3-4-12-18/h6-9,16-17H,2-5,10-13H2,1H3. The third-order valence-electron chi connectivity index (χ3n) is 3.63. The minimum Gasteiger partial charge on any atom is -0.372 e. The second-order valence-electron chi connectivity index (χ2n) is 5.37. The third-order valence-corrected chi connectivity index (χ3v) is 5.00. The molecule has 118 valence electrons. The first-order valence-corrected chi connectivity index (χ1v) is 9.32. The van der Waals surface area contributed by atoms with E-state index in [1.54, 1.807) is 0 Å². The molecule has 6 heteroatoms. The van der Waals surface area contributed by atoms with E-state index in [9.17, 15) is 8.42 Å². The Morgan fingerprint density at radius 3 is 2.43 bits per heavy atom. The second-order valence-corrected chi connectivity index (χ2v) is 7.21. The minimum absolute atomic E-state index is 0.147. The Kier molecular flexibility index (Phi) is 5.87. The van der Waals surface area contributed by atoms with E-state index in [4.69, 9.17) is 0 Å². The van der Waals surface area contributed by atoms with Gasteiger partial charge in [-0.05, 0) is 56.6 Å². The molecular weight excluding hydrogens is 286 g/mol. The van der Waals surface area contributed by atoms with Crippen molar-refractivity contribution in [2.45, 2.75) is 26.2 Å².